The second-order valence-corrected chi connectivity index (χ2v) is 4.50. The number of hydrogen-bond acceptors (Lipinski definition) is 5. The van der Waals surface area contributed by atoms with Gasteiger partial charge in [0.1, 0.15) is 6.10 Å². The largest absolute Gasteiger partial charge is 0.376 e. The number of nitrogens with zero attached hydrogens (tertiary/aromatic N) is 2. The molecule has 0 spiro atoms. The van der Waals surface area contributed by atoms with E-state index in [9.17, 15) is 0 Å². The van der Waals surface area contributed by atoms with Gasteiger partial charge in [-0.25, -0.2) is 0 Å². The molecular weight excluding hydrogens is 254 g/mol. The number of anilines is 1. The number of rotatable bonds is 8. The van der Waals surface area contributed by atoms with Crippen molar-refractivity contribution in [3.8, 4) is 0 Å². The van der Waals surface area contributed by atoms with Gasteiger partial charge in [-0.05, 0) is 25.5 Å². The van der Waals surface area contributed by atoms with Crippen molar-refractivity contribution in [2.24, 2.45) is 0 Å². The molecule has 1 unspecified atom stereocenters. The maximum absolute atomic E-state index is 5.64. The van der Waals surface area contributed by atoms with Gasteiger partial charge in [0.05, 0.1) is 6.54 Å². The molecule has 0 bridgehead atoms. The lowest BCUT2D eigenvalue weighted by molar-refractivity contribution is 0.0478. The zero-order valence-electron chi connectivity index (χ0n) is 12.0. The normalized spacial score (nSPS) is 12.3. The van der Waals surface area contributed by atoms with E-state index in [1.54, 1.807) is 0 Å². The van der Waals surface area contributed by atoms with Gasteiger partial charge in [0.15, 0.2) is 0 Å². The second-order valence-electron chi connectivity index (χ2n) is 4.50. The van der Waals surface area contributed by atoms with Gasteiger partial charge in [-0.15, -0.1) is 0 Å². The van der Waals surface area contributed by atoms with E-state index in [0.717, 1.165) is 18.5 Å². The van der Waals surface area contributed by atoms with Crippen molar-refractivity contribution >= 4 is 5.69 Å². The van der Waals surface area contributed by atoms with Crippen LogP contribution in [0.5, 0.6) is 0 Å². The number of ether oxygens (including phenoxy) is 1. The van der Waals surface area contributed by atoms with Crippen LogP contribution in [0.15, 0.2) is 34.9 Å². The summed E-state index contributed by atoms with van der Waals surface area (Å²) in [5.41, 5.74) is 1.03. The quantitative estimate of drug-likeness (QED) is 0.798. The molecule has 1 atom stereocenters. The highest BCUT2D eigenvalue weighted by Gasteiger charge is 2.17. The minimum absolute atomic E-state index is 0.0702. The van der Waals surface area contributed by atoms with Crippen LogP contribution in [-0.2, 0) is 11.3 Å². The summed E-state index contributed by atoms with van der Waals surface area (Å²) in [6, 6.07) is 9.93. The molecule has 0 fully saturated rings. The van der Waals surface area contributed by atoms with Gasteiger partial charge >= 0.3 is 0 Å². The lowest BCUT2D eigenvalue weighted by atomic mass is 10.2. The zero-order valence-corrected chi connectivity index (χ0v) is 12.0. The number of para-hydroxylation sites is 1. The third kappa shape index (κ3) is 4.06. The average molecular weight is 275 g/mol. The van der Waals surface area contributed by atoms with E-state index in [4.69, 9.17) is 9.26 Å². The maximum Gasteiger partial charge on any atom is 0.246 e. The predicted octanol–water partition coefficient (Wildman–Crippen LogP) is 3.56. The first-order valence-electron chi connectivity index (χ1n) is 7.06. The van der Waals surface area contributed by atoms with Crippen LogP contribution in [0, 0.1) is 0 Å². The van der Waals surface area contributed by atoms with Gasteiger partial charge in [0, 0.05) is 12.3 Å². The fourth-order valence-electron chi connectivity index (χ4n) is 1.95. The SMILES string of the molecule is CCCC(OCC)c1noc(CNc2ccccc2)n1. The summed E-state index contributed by atoms with van der Waals surface area (Å²) < 4.78 is 10.9. The van der Waals surface area contributed by atoms with E-state index in [-0.39, 0.29) is 6.10 Å². The number of aromatic nitrogens is 2. The fraction of sp³-hybridized carbons (Fsp3) is 0.467. The van der Waals surface area contributed by atoms with Crippen molar-refractivity contribution < 1.29 is 9.26 Å². The Balaban J connectivity index is 1.94. The standard InChI is InChI=1S/C15H21N3O2/c1-3-8-13(19-4-2)15-17-14(20-18-15)11-16-12-9-6-5-7-10-12/h5-7,9-10,13,16H,3-4,8,11H2,1-2H3. The molecule has 0 aliphatic rings. The maximum atomic E-state index is 5.64. The third-order valence-electron chi connectivity index (χ3n) is 2.91. The average Bonchev–Trinajstić information content (AvgIpc) is 2.95. The van der Waals surface area contributed by atoms with Gasteiger partial charge in [-0.3, -0.25) is 0 Å². The van der Waals surface area contributed by atoms with Crippen molar-refractivity contribution in [1.82, 2.24) is 10.1 Å². The van der Waals surface area contributed by atoms with Crippen LogP contribution < -0.4 is 5.32 Å². The zero-order chi connectivity index (χ0) is 14.2. The van der Waals surface area contributed by atoms with Crippen LogP contribution in [0.2, 0.25) is 0 Å². The third-order valence-corrected chi connectivity index (χ3v) is 2.91. The Labute approximate surface area is 119 Å². The summed E-state index contributed by atoms with van der Waals surface area (Å²) in [6.45, 7) is 5.25. The topological polar surface area (TPSA) is 60.2 Å². The van der Waals surface area contributed by atoms with Gasteiger partial charge < -0.3 is 14.6 Å². The van der Waals surface area contributed by atoms with Gasteiger partial charge in [-0.1, -0.05) is 36.7 Å². The molecule has 1 heterocycles. The number of nitrogens with one attached hydrogen (secondary N) is 1. The first-order valence-corrected chi connectivity index (χ1v) is 7.06. The van der Waals surface area contributed by atoms with Crippen LogP contribution in [-0.4, -0.2) is 16.7 Å². The molecule has 108 valence electrons. The Morgan fingerprint density at radius 1 is 1.25 bits per heavy atom. The Hall–Kier alpha value is -1.88. The molecule has 0 radical (unpaired) electrons. The molecule has 0 aliphatic carbocycles. The monoisotopic (exact) mass is 275 g/mol. The molecule has 20 heavy (non-hydrogen) atoms. The summed E-state index contributed by atoms with van der Waals surface area (Å²) in [4.78, 5) is 4.40. The van der Waals surface area contributed by atoms with E-state index >= 15 is 0 Å². The van der Waals surface area contributed by atoms with Crippen LogP contribution >= 0.6 is 0 Å². The van der Waals surface area contributed by atoms with Crippen LogP contribution in [0.3, 0.4) is 0 Å². The molecule has 2 aromatic rings. The number of hydrogen-bond donors (Lipinski definition) is 1. The summed E-state index contributed by atoms with van der Waals surface area (Å²) in [6.07, 6.45) is 1.86. The van der Waals surface area contributed by atoms with Crippen molar-refractivity contribution in [2.45, 2.75) is 39.3 Å². The molecule has 5 heteroatoms. The van der Waals surface area contributed by atoms with Crippen LogP contribution in [0.4, 0.5) is 5.69 Å². The van der Waals surface area contributed by atoms with Gasteiger partial charge in [0.2, 0.25) is 11.7 Å². The molecule has 5 nitrogen and oxygen atoms in total. The summed E-state index contributed by atoms with van der Waals surface area (Å²) in [7, 11) is 0. The summed E-state index contributed by atoms with van der Waals surface area (Å²) >= 11 is 0. The van der Waals surface area contributed by atoms with Gasteiger partial charge in [0.25, 0.3) is 0 Å². The summed E-state index contributed by atoms with van der Waals surface area (Å²) in [5, 5.41) is 7.26. The first kappa shape index (κ1) is 14.5. The molecule has 1 aromatic heterocycles. The highest BCUT2D eigenvalue weighted by molar-refractivity contribution is 5.42. The molecule has 0 saturated heterocycles. The van der Waals surface area contributed by atoms with Crippen molar-refractivity contribution in [1.29, 1.82) is 0 Å². The molecule has 0 saturated carbocycles. The predicted molar refractivity (Wildman–Crippen MR) is 77.3 cm³/mol. The minimum atomic E-state index is -0.0702. The summed E-state index contributed by atoms with van der Waals surface area (Å²) in [5.74, 6) is 1.21. The Morgan fingerprint density at radius 3 is 2.75 bits per heavy atom. The Bertz CT molecular complexity index is 493. The highest BCUT2D eigenvalue weighted by atomic mass is 16.5. The van der Waals surface area contributed by atoms with E-state index in [2.05, 4.69) is 22.4 Å². The van der Waals surface area contributed by atoms with E-state index in [1.165, 1.54) is 0 Å². The van der Waals surface area contributed by atoms with E-state index < -0.39 is 0 Å². The van der Waals surface area contributed by atoms with Crippen molar-refractivity contribution in [2.75, 3.05) is 11.9 Å². The molecule has 1 N–H and O–H groups in total. The highest BCUT2D eigenvalue weighted by Crippen LogP contribution is 2.20. The van der Waals surface area contributed by atoms with Crippen molar-refractivity contribution in [3.05, 3.63) is 42.0 Å². The molecule has 0 amide bonds. The van der Waals surface area contributed by atoms with E-state index in [1.807, 2.05) is 37.3 Å². The van der Waals surface area contributed by atoms with Crippen LogP contribution in [0.1, 0.15) is 44.5 Å². The first-order chi connectivity index (χ1) is 9.83. The van der Waals surface area contributed by atoms with Crippen molar-refractivity contribution in [3.63, 3.8) is 0 Å². The molecular formula is C15H21N3O2. The van der Waals surface area contributed by atoms with Gasteiger partial charge in [-0.2, -0.15) is 4.98 Å². The molecule has 1 aromatic carbocycles. The second kappa shape index (κ2) is 7.65. The minimum Gasteiger partial charge on any atom is -0.376 e. The smallest absolute Gasteiger partial charge is 0.246 e. The molecule has 2 rings (SSSR count). The lowest BCUT2D eigenvalue weighted by Gasteiger charge is -2.11. The fourth-order valence-corrected chi connectivity index (χ4v) is 1.95. The van der Waals surface area contributed by atoms with Crippen LogP contribution in [0.25, 0.3) is 0 Å². The number of benzene rings is 1. The lowest BCUT2D eigenvalue weighted by Crippen LogP contribution is -2.06. The Kier molecular flexibility index (Phi) is 5.55. The Morgan fingerprint density at radius 2 is 2.05 bits per heavy atom. The van der Waals surface area contributed by atoms with E-state index in [0.29, 0.717) is 24.9 Å². The molecule has 0 aliphatic heterocycles.